The Morgan fingerprint density at radius 3 is 2.11 bits per heavy atom. The van der Waals surface area contributed by atoms with Crippen molar-refractivity contribution in [3.63, 3.8) is 0 Å². The molecule has 1 fully saturated rings. The van der Waals surface area contributed by atoms with Crippen molar-refractivity contribution in [1.82, 2.24) is 9.80 Å². The average molecular weight is 519 g/mol. The van der Waals surface area contributed by atoms with Gasteiger partial charge in [0.25, 0.3) is 17.7 Å². The van der Waals surface area contributed by atoms with Gasteiger partial charge in [0, 0.05) is 18.9 Å². The summed E-state index contributed by atoms with van der Waals surface area (Å²) >= 11 is 0. The third-order valence-corrected chi connectivity index (χ3v) is 8.36. The third-order valence-electron chi connectivity index (χ3n) is 8.36. The molecule has 1 aliphatic carbocycles. The fourth-order valence-corrected chi connectivity index (χ4v) is 6.42. The Morgan fingerprint density at radius 1 is 0.947 bits per heavy atom. The van der Waals surface area contributed by atoms with Crippen LogP contribution in [0.2, 0.25) is 0 Å². The van der Waals surface area contributed by atoms with Gasteiger partial charge < -0.3 is 9.84 Å². The maximum absolute atomic E-state index is 14.4. The number of fused-ring (bicyclic) bond motifs is 2. The molecule has 1 unspecified atom stereocenters. The molecule has 200 valence electrons. The summed E-state index contributed by atoms with van der Waals surface area (Å²) < 4.78 is 6.66. The van der Waals surface area contributed by atoms with Crippen LogP contribution in [0.25, 0.3) is 0 Å². The fraction of sp³-hybridized carbons (Fsp3) is 0.467. The second-order valence-electron chi connectivity index (χ2n) is 11.3. The molecule has 0 radical (unpaired) electrons. The quantitative estimate of drug-likeness (QED) is 0.597. The minimum absolute atomic E-state index is 0.108. The third kappa shape index (κ3) is 4.02. The van der Waals surface area contributed by atoms with E-state index in [2.05, 4.69) is 20.8 Å². The van der Waals surface area contributed by atoms with Crippen LogP contribution in [0.15, 0.2) is 48.5 Å². The summed E-state index contributed by atoms with van der Waals surface area (Å²) in [5.41, 5.74) is -0.433. The minimum atomic E-state index is -1.23. The van der Waals surface area contributed by atoms with Crippen molar-refractivity contribution in [1.29, 1.82) is 0 Å². The number of nitrogens with zero attached hydrogens (tertiary/aromatic N) is 2. The van der Waals surface area contributed by atoms with Crippen molar-refractivity contribution >= 4 is 23.6 Å². The first kappa shape index (κ1) is 26.1. The second kappa shape index (κ2) is 9.66. The van der Waals surface area contributed by atoms with E-state index in [-0.39, 0.29) is 41.0 Å². The molecule has 2 heterocycles. The molecule has 1 spiro atoms. The summed E-state index contributed by atoms with van der Waals surface area (Å²) in [6, 6.07) is 13.4. The highest BCUT2D eigenvalue weighted by atomic mass is 16.5. The maximum Gasteiger partial charge on any atom is 0.267 e. The van der Waals surface area contributed by atoms with E-state index in [9.17, 15) is 24.3 Å². The topological polar surface area (TPSA) is 104 Å². The van der Waals surface area contributed by atoms with Crippen LogP contribution in [-0.4, -0.2) is 56.9 Å². The summed E-state index contributed by atoms with van der Waals surface area (Å²) in [5.74, 6) is -2.76. The number of aliphatic hydroxyl groups excluding tert-OH is 1. The highest BCUT2D eigenvalue weighted by Gasteiger charge is 2.59. The largest absolute Gasteiger partial charge is 0.466 e. The zero-order chi connectivity index (χ0) is 27.4. The first-order valence-electron chi connectivity index (χ1n) is 13.4. The fourth-order valence-electron chi connectivity index (χ4n) is 6.42. The van der Waals surface area contributed by atoms with Gasteiger partial charge in [-0.2, -0.15) is 0 Å². The smallest absolute Gasteiger partial charge is 0.267 e. The molecule has 38 heavy (non-hydrogen) atoms. The van der Waals surface area contributed by atoms with Crippen LogP contribution in [0.3, 0.4) is 0 Å². The van der Waals surface area contributed by atoms with Crippen molar-refractivity contribution in [2.45, 2.75) is 58.8 Å². The SMILES string of the molecule is CC(C)[C@@H]1CC[C@@H](C)CC12Oc1ccccc1C(=O)N2C(=O)[C@H](CN1C(=O)c2ccccc2C1=O)[C@@H](C)O. The molecule has 8 heteroatoms. The van der Waals surface area contributed by atoms with E-state index in [1.165, 1.54) is 11.8 Å². The standard InChI is InChI=1S/C30H34N2O6/c1-17(2)24-14-13-18(3)15-30(24)32(28(36)22-11-7-8-12-25(22)38-30)29(37)23(19(4)33)16-31-26(34)20-9-5-6-10-21(20)27(31)35/h5-12,17-19,23-24,33H,13-16H2,1-4H3/t18-,19-,23-,24+,30?/m1/s1. The Hall–Kier alpha value is -3.52. The van der Waals surface area contributed by atoms with Crippen LogP contribution in [0, 0.1) is 23.7 Å². The Kier molecular flexibility index (Phi) is 6.63. The van der Waals surface area contributed by atoms with Crippen LogP contribution in [0.5, 0.6) is 5.75 Å². The number of rotatable bonds is 5. The lowest BCUT2D eigenvalue weighted by Crippen LogP contribution is -2.69. The van der Waals surface area contributed by atoms with Crippen molar-refractivity contribution in [3.8, 4) is 5.75 Å². The molecule has 2 aromatic rings. The van der Waals surface area contributed by atoms with Gasteiger partial charge >= 0.3 is 0 Å². The monoisotopic (exact) mass is 518 g/mol. The molecular formula is C30H34N2O6. The zero-order valence-electron chi connectivity index (χ0n) is 22.2. The Morgan fingerprint density at radius 2 is 1.53 bits per heavy atom. The van der Waals surface area contributed by atoms with Crippen molar-refractivity contribution < 1.29 is 29.0 Å². The van der Waals surface area contributed by atoms with E-state index in [1.54, 1.807) is 48.5 Å². The van der Waals surface area contributed by atoms with Gasteiger partial charge in [-0.1, -0.05) is 45.0 Å². The normalized spacial score (nSPS) is 26.3. The summed E-state index contributed by atoms with van der Waals surface area (Å²) in [4.78, 5) is 56.8. The number of hydrogen-bond acceptors (Lipinski definition) is 6. The Balaban J connectivity index is 1.57. The van der Waals surface area contributed by atoms with E-state index in [0.717, 1.165) is 17.7 Å². The van der Waals surface area contributed by atoms with E-state index in [1.807, 2.05) is 0 Å². The lowest BCUT2D eigenvalue weighted by atomic mass is 9.69. The number of benzene rings is 2. The summed E-state index contributed by atoms with van der Waals surface area (Å²) in [7, 11) is 0. The molecule has 8 nitrogen and oxygen atoms in total. The van der Waals surface area contributed by atoms with Gasteiger partial charge in [0.15, 0.2) is 5.72 Å². The van der Waals surface area contributed by atoms with E-state index < -0.39 is 41.4 Å². The molecule has 1 N–H and O–H groups in total. The van der Waals surface area contributed by atoms with Gasteiger partial charge in [-0.05, 0) is 55.9 Å². The summed E-state index contributed by atoms with van der Waals surface area (Å²) in [5, 5.41) is 10.8. The number of aliphatic hydroxyl groups is 1. The van der Waals surface area contributed by atoms with E-state index in [4.69, 9.17) is 4.74 Å². The maximum atomic E-state index is 14.4. The van der Waals surface area contributed by atoms with Gasteiger partial charge in [0.05, 0.1) is 28.7 Å². The predicted octanol–water partition coefficient (Wildman–Crippen LogP) is 4.13. The minimum Gasteiger partial charge on any atom is -0.466 e. The number of imide groups is 2. The van der Waals surface area contributed by atoms with Crippen LogP contribution < -0.4 is 4.74 Å². The number of para-hydroxylation sites is 1. The zero-order valence-corrected chi connectivity index (χ0v) is 22.2. The molecule has 5 atom stereocenters. The Bertz CT molecular complexity index is 1270. The summed E-state index contributed by atoms with van der Waals surface area (Å²) in [6.07, 6.45) is 0.949. The molecule has 0 saturated heterocycles. The number of ether oxygens (including phenoxy) is 1. The molecule has 0 aromatic heterocycles. The van der Waals surface area contributed by atoms with Crippen LogP contribution in [-0.2, 0) is 4.79 Å². The highest BCUT2D eigenvalue weighted by molar-refractivity contribution is 6.21. The van der Waals surface area contributed by atoms with Gasteiger partial charge in [0.2, 0.25) is 5.91 Å². The van der Waals surface area contributed by atoms with Crippen molar-refractivity contribution in [2.24, 2.45) is 23.7 Å². The lowest BCUT2D eigenvalue weighted by molar-refractivity contribution is -0.181. The van der Waals surface area contributed by atoms with Gasteiger partial charge in [-0.25, -0.2) is 4.90 Å². The Labute approximate surface area is 222 Å². The van der Waals surface area contributed by atoms with Crippen LogP contribution in [0.1, 0.15) is 78.0 Å². The molecule has 2 aromatic carbocycles. The number of hydrogen-bond donors (Lipinski definition) is 1. The van der Waals surface area contributed by atoms with Crippen LogP contribution in [0.4, 0.5) is 0 Å². The predicted molar refractivity (Wildman–Crippen MR) is 139 cm³/mol. The van der Waals surface area contributed by atoms with Crippen molar-refractivity contribution in [3.05, 3.63) is 65.2 Å². The molecule has 3 aliphatic rings. The molecule has 1 saturated carbocycles. The van der Waals surface area contributed by atoms with Crippen molar-refractivity contribution in [2.75, 3.05) is 6.54 Å². The molecular weight excluding hydrogens is 484 g/mol. The molecule has 4 amide bonds. The first-order valence-corrected chi connectivity index (χ1v) is 13.4. The molecule has 0 bridgehead atoms. The van der Waals surface area contributed by atoms with E-state index >= 15 is 0 Å². The first-order chi connectivity index (χ1) is 18.1. The lowest BCUT2D eigenvalue weighted by Gasteiger charge is -2.55. The van der Waals surface area contributed by atoms with E-state index in [0.29, 0.717) is 12.2 Å². The van der Waals surface area contributed by atoms with Gasteiger partial charge in [-0.3, -0.25) is 24.1 Å². The van der Waals surface area contributed by atoms with Crippen LogP contribution >= 0.6 is 0 Å². The highest BCUT2D eigenvalue weighted by Crippen LogP contribution is 2.50. The summed E-state index contributed by atoms with van der Waals surface area (Å²) in [6.45, 7) is 7.31. The average Bonchev–Trinajstić information content (AvgIpc) is 3.11. The number of amides is 4. The second-order valence-corrected chi connectivity index (χ2v) is 11.3. The molecule has 2 aliphatic heterocycles. The number of carbonyl (C=O) groups excluding carboxylic acids is 4. The van der Waals surface area contributed by atoms with Gasteiger partial charge in [-0.15, -0.1) is 0 Å². The number of carbonyl (C=O) groups is 4. The molecule has 5 rings (SSSR count). The van der Waals surface area contributed by atoms with Gasteiger partial charge in [0.1, 0.15) is 5.75 Å².